The molecule has 1 aliphatic heterocycles. The fourth-order valence-electron chi connectivity index (χ4n) is 4.89. The van der Waals surface area contributed by atoms with Crippen molar-refractivity contribution in [1.82, 2.24) is 0 Å². The summed E-state index contributed by atoms with van der Waals surface area (Å²) >= 11 is 0. The number of halogens is 1. The molecule has 0 bridgehead atoms. The largest absolute Gasteiger partial charge is 0.375 e. The van der Waals surface area contributed by atoms with Crippen molar-refractivity contribution < 1.29 is 19.1 Å². The first kappa shape index (κ1) is 20.6. The molecule has 0 saturated heterocycles. The quantitative estimate of drug-likeness (QED) is 0.598. The molecule has 1 N–H and O–H groups in total. The lowest BCUT2D eigenvalue weighted by Crippen LogP contribution is -2.41. The van der Waals surface area contributed by atoms with Crippen LogP contribution in [0.25, 0.3) is 0 Å². The van der Waals surface area contributed by atoms with Crippen molar-refractivity contribution in [3.8, 4) is 0 Å². The summed E-state index contributed by atoms with van der Waals surface area (Å²) in [5.74, 6) is -1.22. The molecule has 32 heavy (non-hydrogen) atoms. The lowest BCUT2D eigenvalue weighted by Gasteiger charge is -2.23. The molecule has 162 valence electrons. The molecule has 4 nitrogen and oxygen atoms in total. The van der Waals surface area contributed by atoms with Crippen LogP contribution in [-0.2, 0) is 29.8 Å². The van der Waals surface area contributed by atoms with E-state index in [1.807, 2.05) is 12.1 Å². The minimum Gasteiger partial charge on any atom is -0.375 e. The van der Waals surface area contributed by atoms with Gasteiger partial charge in [0.2, 0.25) is 0 Å². The van der Waals surface area contributed by atoms with Crippen molar-refractivity contribution >= 4 is 17.4 Å². The fraction of sp³-hybridized carbons (Fsp3) is 0.259. The van der Waals surface area contributed by atoms with Crippen LogP contribution in [0.2, 0.25) is 0 Å². The van der Waals surface area contributed by atoms with E-state index in [2.05, 4.69) is 0 Å². The zero-order chi connectivity index (χ0) is 22.3. The lowest BCUT2D eigenvalue weighted by molar-refractivity contribution is -0.136. The predicted octanol–water partition coefficient (Wildman–Crippen LogP) is 4.71. The minimum atomic E-state index is -1.95. The second kappa shape index (κ2) is 7.99. The molecule has 0 aromatic heterocycles. The van der Waals surface area contributed by atoms with Crippen molar-refractivity contribution in [2.45, 2.75) is 44.2 Å². The third-order valence-electron chi connectivity index (χ3n) is 6.56. The first-order valence-corrected chi connectivity index (χ1v) is 11.0. The summed E-state index contributed by atoms with van der Waals surface area (Å²) in [5.41, 5.74) is 2.59. The van der Waals surface area contributed by atoms with Crippen molar-refractivity contribution in [2.24, 2.45) is 0 Å². The SMILES string of the molecule is O=C(C[C@@]1(O)C(=O)N(Cc2cccc(F)c2)c2ccccc21)c1ccc2c(c1)CCCC2. The number of benzene rings is 3. The number of carbonyl (C=O) groups is 2. The van der Waals surface area contributed by atoms with Crippen LogP contribution in [0.15, 0.2) is 66.7 Å². The van der Waals surface area contributed by atoms with Gasteiger partial charge in [0.1, 0.15) is 5.82 Å². The van der Waals surface area contributed by atoms with Gasteiger partial charge >= 0.3 is 0 Å². The topological polar surface area (TPSA) is 57.6 Å². The number of Topliss-reactive ketones (excluding diaryl/α,β-unsaturated/α-hetero) is 1. The maximum atomic E-state index is 13.7. The summed E-state index contributed by atoms with van der Waals surface area (Å²) in [7, 11) is 0. The van der Waals surface area contributed by atoms with Gasteiger partial charge in [0.25, 0.3) is 5.91 Å². The van der Waals surface area contributed by atoms with Crippen LogP contribution in [0.3, 0.4) is 0 Å². The van der Waals surface area contributed by atoms with Crippen LogP contribution < -0.4 is 4.90 Å². The summed E-state index contributed by atoms with van der Waals surface area (Å²) in [6.45, 7) is 0.114. The third kappa shape index (κ3) is 3.53. The number of hydrogen-bond acceptors (Lipinski definition) is 3. The first-order valence-electron chi connectivity index (χ1n) is 11.0. The average molecular weight is 429 g/mol. The van der Waals surface area contributed by atoms with Gasteiger partial charge < -0.3 is 10.0 Å². The second-order valence-electron chi connectivity index (χ2n) is 8.69. The number of para-hydroxylation sites is 1. The molecular weight excluding hydrogens is 405 g/mol. The van der Waals surface area contributed by atoms with Gasteiger partial charge in [-0.25, -0.2) is 4.39 Å². The van der Waals surface area contributed by atoms with E-state index >= 15 is 0 Å². The van der Waals surface area contributed by atoms with Gasteiger partial charge in [-0.3, -0.25) is 9.59 Å². The van der Waals surface area contributed by atoms with Crippen molar-refractivity contribution in [1.29, 1.82) is 0 Å². The normalized spacial score (nSPS) is 19.6. The van der Waals surface area contributed by atoms with E-state index in [4.69, 9.17) is 0 Å². The van der Waals surface area contributed by atoms with E-state index in [0.29, 0.717) is 22.4 Å². The van der Waals surface area contributed by atoms with E-state index in [1.54, 1.807) is 42.5 Å². The van der Waals surface area contributed by atoms with Crippen LogP contribution >= 0.6 is 0 Å². The van der Waals surface area contributed by atoms with Crippen LogP contribution in [0.1, 0.15) is 51.9 Å². The average Bonchev–Trinajstić information content (AvgIpc) is 3.01. The van der Waals surface area contributed by atoms with E-state index < -0.39 is 11.5 Å². The van der Waals surface area contributed by atoms with Gasteiger partial charge in [0, 0.05) is 11.1 Å². The first-order chi connectivity index (χ1) is 15.5. The molecule has 1 aliphatic carbocycles. The molecular formula is C27H24FNO3. The Bertz CT molecular complexity index is 1220. The third-order valence-corrected chi connectivity index (χ3v) is 6.56. The highest BCUT2D eigenvalue weighted by Gasteiger charge is 2.50. The molecule has 0 saturated carbocycles. The number of aryl methyl sites for hydroxylation is 2. The summed E-state index contributed by atoms with van der Waals surface area (Å²) in [6, 6.07) is 18.7. The number of anilines is 1. The number of carbonyl (C=O) groups excluding carboxylic acids is 2. The Kier molecular flexibility index (Phi) is 5.14. The van der Waals surface area contributed by atoms with Gasteiger partial charge in [-0.05, 0) is 66.6 Å². The Morgan fingerprint density at radius 2 is 1.75 bits per heavy atom. The number of ketones is 1. The van der Waals surface area contributed by atoms with Crippen molar-refractivity contribution in [3.63, 3.8) is 0 Å². The molecule has 0 radical (unpaired) electrons. The number of rotatable bonds is 5. The van der Waals surface area contributed by atoms with E-state index in [0.717, 1.165) is 25.7 Å². The number of fused-ring (bicyclic) bond motifs is 2. The Balaban J connectivity index is 1.45. The molecule has 3 aromatic rings. The number of aliphatic hydroxyl groups is 1. The van der Waals surface area contributed by atoms with Crippen LogP contribution in [0.4, 0.5) is 10.1 Å². The van der Waals surface area contributed by atoms with Crippen molar-refractivity contribution in [3.05, 3.63) is 100 Å². The summed E-state index contributed by atoms with van der Waals surface area (Å²) in [6.07, 6.45) is 3.90. The molecule has 1 heterocycles. The Morgan fingerprint density at radius 3 is 2.56 bits per heavy atom. The van der Waals surface area contributed by atoms with Gasteiger partial charge in [-0.1, -0.05) is 42.5 Å². The highest BCUT2D eigenvalue weighted by molar-refractivity contribution is 6.10. The molecule has 0 fully saturated rings. The van der Waals surface area contributed by atoms with E-state index in [9.17, 15) is 19.1 Å². The molecule has 1 atom stereocenters. The lowest BCUT2D eigenvalue weighted by atomic mass is 9.85. The second-order valence-corrected chi connectivity index (χ2v) is 8.69. The molecule has 3 aromatic carbocycles. The zero-order valence-corrected chi connectivity index (χ0v) is 17.7. The monoisotopic (exact) mass is 429 g/mol. The van der Waals surface area contributed by atoms with Crippen LogP contribution in [0, 0.1) is 5.82 Å². The Labute approximate surface area is 186 Å². The standard InChI is InChI=1S/C27H24FNO3/c28-22-9-5-6-18(14-22)17-29-24-11-4-3-10-23(24)27(32,26(29)31)16-25(30)21-13-12-19-7-1-2-8-20(19)15-21/h3-6,9-15,32H,1-2,7-8,16-17H2/t27-/m0/s1. The highest BCUT2D eigenvalue weighted by Crippen LogP contribution is 2.43. The highest BCUT2D eigenvalue weighted by atomic mass is 19.1. The zero-order valence-electron chi connectivity index (χ0n) is 17.7. The smallest absolute Gasteiger partial charge is 0.264 e. The molecule has 1 amide bonds. The van der Waals surface area contributed by atoms with Gasteiger partial charge in [-0.15, -0.1) is 0 Å². The maximum absolute atomic E-state index is 13.7. The van der Waals surface area contributed by atoms with Crippen LogP contribution in [0.5, 0.6) is 0 Å². The number of hydrogen-bond donors (Lipinski definition) is 1. The van der Waals surface area contributed by atoms with Crippen molar-refractivity contribution in [2.75, 3.05) is 4.90 Å². The fourth-order valence-corrected chi connectivity index (χ4v) is 4.89. The van der Waals surface area contributed by atoms with Gasteiger partial charge in [-0.2, -0.15) is 0 Å². The molecule has 5 heteroatoms. The number of amides is 1. The van der Waals surface area contributed by atoms with Gasteiger partial charge in [0.15, 0.2) is 11.4 Å². The molecule has 0 unspecified atom stereocenters. The minimum absolute atomic E-state index is 0.114. The Morgan fingerprint density at radius 1 is 0.969 bits per heavy atom. The van der Waals surface area contributed by atoms with E-state index in [-0.39, 0.29) is 24.6 Å². The molecule has 0 spiro atoms. The van der Waals surface area contributed by atoms with E-state index in [1.165, 1.54) is 28.2 Å². The Hall–Kier alpha value is -3.31. The predicted molar refractivity (Wildman–Crippen MR) is 120 cm³/mol. The molecule has 5 rings (SSSR count). The maximum Gasteiger partial charge on any atom is 0.264 e. The number of nitrogens with zero attached hydrogens (tertiary/aromatic N) is 1. The summed E-state index contributed by atoms with van der Waals surface area (Å²) in [5, 5.41) is 11.5. The summed E-state index contributed by atoms with van der Waals surface area (Å²) < 4.78 is 13.7. The van der Waals surface area contributed by atoms with Crippen LogP contribution in [-0.4, -0.2) is 16.8 Å². The summed E-state index contributed by atoms with van der Waals surface area (Å²) in [4.78, 5) is 28.0. The molecule has 2 aliphatic rings. The van der Waals surface area contributed by atoms with Gasteiger partial charge in [0.05, 0.1) is 18.7 Å².